The summed E-state index contributed by atoms with van der Waals surface area (Å²) >= 11 is 0. The number of halogens is 3. The molecule has 0 spiro atoms. The Morgan fingerprint density at radius 3 is 1.62 bits per heavy atom. The highest BCUT2D eigenvalue weighted by Gasteiger charge is 2.30. The number of benzene rings is 1. The number of hydrogen-bond donors (Lipinski definition) is 1. The highest BCUT2D eigenvalue weighted by molar-refractivity contribution is 5.82. The van der Waals surface area contributed by atoms with Crippen LogP contribution >= 0.6 is 0 Å². The van der Waals surface area contributed by atoms with Gasteiger partial charge in [-0.05, 0) is 6.07 Å². The summed E-state index contributed by atoms with van der Waals surface area (Å²) in [4.78, 5) is 9.00. The SMILES string of the molecule is CC(=O)O.Fc1c2cc-2c(F)c1F. The molecule has 2 aliphatic carbocycles. The molecule has 0 fully saturated rings. The number of carbonyl (C=O) groups is 1. The second kappa shape index (κ2) is 3.08. The molecule has 2 rings (SSSR count). The van der Waals surface area contributed by atoms with E-state index in [1.54, 1.807) is 0 Å². The van der Waals surface area contributed by atoms with Crippen molar-refractivity contribution >= 4 is 5.97 Å². The summed E-state index contributed by atoms with van der Waals surface area (Å²) in [6.07, 6.45) is 0. The minimum absolute atomic E-state index is 0.0880. The Hall–Kier alpha value is -1.52. The molecule has 1 N–H and O–H groups in total. The molecule has 0 bridgehead atoms. The molecular formula is C8H5F3O2. The van der Waals surface area contributed by atoms with Crippen LogP contribution in [0.15, 0.2) is 6.07 Å². The summed E-state index contributed by atoms with van der Waals surface area (Å²) in [5.74, 6) is -4.28. The largest absolute Gasteiger partial charge is 0.481 e. The molecule has 0 aliphatic heterocycles. The predicted molar refractivity (Wildman–Crippen MR) is 38.6 cm³/mol. The van der Waals surface area contributed by atoms with Gasteiger partial charge in [0.05, 0.1) is 0 Å². The molecule has 70 valence electrons. The van der Waals surface area contributed by atoms with Gasteiger partial charge in [0.15, 0.2) is 17.5 Å². The molecule has 0 radical (unpaired) electrons. The third-order valence-electron chi connectivity index (χ3n) is 1.35. The van der Waals surface area contributed by atoms with Crippen molar-refractivity contribution in [2.24, 2.45) is 0 Å². The highest BCUT2D eigenvalue weighted by atomic mass is 19.2. The lowest BCUT2D eigenvalue weighted by molar-refractivity contribution is -0.134. The number of fused-ring (bicyclic) bond motifs is 1. The molecule has 0 amide bonds. The number of aliphatic carboxylic acids is 1. The molecule has 0 aromatic rings. The van der Waals surface area contributed by atoms with Crippen LogP contribution in [-0.4, -0.2) is 11.1 Å². The van der Waals surface area contributed by atoms with E-state index in [0.717, 1.165) is 6.92 Å². The third kappa shape index (κ3) is 1.80. The van der Waals surface area contributed by atoms with Gasteiger partial charge in [0.1, 0.15) is 0 Å². The van der Waals surface area contributed by atoms with E-state index in [4.69, 9.17) is 9.90 Å². The summed E-state index contributed by atoms with van der Waals surface area (Å²) in [5.41, 5.74) is 0.176. The minimum Gasteiger partial charge on any atom is -0.481 e. The maximum atomic E-state index is 12.2. The lowest BCUT2D eigenvalue weighted by Gasteiger charge is -1.78. The Labute approximate surface area is 71.6 Å². The summed E-state index contributed by atoms with van der Waals surface area (Å²) < 4.78 is 36.3. The first-order chi connectivity index (χ1) is 5.95. The van der Waals surface area contributed by atoms with Crippen molar-refractivity contribution in [3.63, 3.8) is 0 Å². The quantitative estimate of drug-likeness (QED) is 0.646. The van der Waals surface area contributed by atoms with Crippen molar-refractivity contribution in [2.45, 2.75) is 6.92 Å². The molecule has 0 heterocycles. The molecule has 2 aliphatic rings. The van der Waals surface area contributed by atoms with E-state index in [-0.39, 0.29) is 11.1 Å². The Morgan fingerprint density at radius 1 is 1.15 bits per heavy atom. The van der Waals surface area contributed by atoms with Crippen LogP contribution in [0.2, 0.25) is 0 Å². The van der Waals surface area contributed by atoms with E-state index in [1.807, 2.05) is 0 Å². The Morgan fingerprint density at radius 2 is 1.46 bits per heavy atom. The van der Waals surface area contributed by atoms with Crippen LogP contribution in [0.25, 0.3) is 11.1 Å². The van der Waals surface area contributed by atoms with Gasteiger partial charge < -0.3 is 5.11 Å². The monoisotopic (exact) mass is 190 g/mol. The van der Waals surface area contributed by atoms with E-state index in [0.29, 0.717) is 0 Å². The summed E-state index contributed by atoms with van der Waals surface area (Å²) in [5, 5.41) is 7.42. The Kier molecular flexibility index (Phi) is 2.27. The van der Waals surface area contributed by atoms with Gasteiger partial charge in [0, 0.05) is 18.1 Å². The number of rotatable bonds is 0. The molecule has 13 heavy (non-hydrogen) atoms. The lowest BCUT2D eigenvalue weighted by Crippen LogP contribution is -1.78. The average molecular weight is 190 g/mol. The molecule has 0 saturated carbocycles. The van der Waals surface area contributed by atoms with Gasteiger partial charge in [-0.2, -0.15) is 0 Å². The summed E-state index contributed by atoms with van der Waals surface area (Å²) in [6, 6.07) is 1.27. The van der Waals surface area contributed by atoms with Gasteiger partial charge in [-0.25, -0.2) is 13.2 Å². The second-order valence-corrected chi connectivity index (χ2v) is 2.43. The average Bonchev–Trinajstić information content (AvgIpc) is 2.73. The first-order valence-corrected chi connectivity index (χ1v) is 3.32. The molecule has 0 atom stereocenters. The van der Waals surface area contributed by atoms with E-state index in [9.17, 15) is 13.2 Å². The summed E-state index contributed by atoms with van der Waals surface area (Å²) in [7, 11) is 0. The molecule has 5 heteroatoms. The van der Waals surface area contributed by atoms with Crippen molar-refractivity contribution in [1.82, 2.24) is 0 Å². The van der Waals surface area contributed by atoms with Gasteiger partial charge in [-0.15, -0.1) is 0 Å². The number of carboxylic acids is 1. The maximum Gasteiger partial charge on any atom is 0.300 e. The predicted octanol–water partition coefficient (Wildman–Crippen LogP) is 2.18. The Balaban J connectivity index is 0.000000184. The topological polar surface area (TPSA) is 37.3 Å². The maximum absolute atomic E-state index is 12.2. The number of hydrogen-bond acceptors (Lipinski definition) is 1. The fraction of sp³-hybridized carbons (Fsp3) is 0.125. The summed E-state index contributed by atoms with van der Waals surface area (Å²) in [6.45, 7) is 1.08. The minimum atomic E-state index is -1.34. The van der Waals surface area contributed by atoms with Crippen molar-refractivity contribution < 1.29 is 23.1 Å². The van der Waals surface area contributed by atoms with Crippen LogP contribution < -0.4 is 0 Å². The zero-order valence-electron chi connectivity index (χ0n) is 6.57. The molecule has 0 aromatic heterocycles. The fourth-order valence-corrected chi connectivity index (χ4v) is 0.804. The van der Waals surface area contributed by atoms with Crippen LogP contribution in [0.4, 0.5) is 13.2 Å². The molecular weight excluding hydrogens is 185 g/mol. The van der Waals surface area contributed by atoms with Gasteiger partial charge in [0.2, 0.25) is 0 Å². The van der Waals surface area contributed by atoms with Gasteiger partial charge >= 0.3 is 0 Å². The molecule has 0 aromatic carbocycles. The zero-order valence-corrected chi connectivity index (χ0v) is 6.57. The van der Waals surface area contributed by atoms with Crippen molar-refractivity contribution in [3.8, 4) is 11.1 Å². The van der Waals surface area contributed by atoms with E-state index in [1.165, 1.54) is 6.07 Å². The van der Waals surface area contributed by atoms with E-state index >= 15 is 0 Å². The van der Waals surface area contributed by atoms with Crippen molar-refractivity contribution in [3.05, 3.63) is 23.5 Å². The first kappa shape index (κ1) is 9.57. The first-order valence-electron chi connectivity index (χ1n) is 3.32. The van der Waals surface area contributed by atoms with Gasteiger partial charge in [0.25, 0.3) is 5.97 Å². The van der Waals surface area contributed by atoms with Crippen LogP contribution in [0, 0.1) is 17.5 Å². The number of carboxylic acid groups (broad SMARTS) is 1. The third-order valence-corrected chi connectivity index (χ3v) is 1.35. The van der Waals surface area contributed by atoms with Crippen molar-refractivity contribution in [1.29, 1.82) is 0 Å². The van der Waals surface area contributed by atoms with E-state index < -0.39 is 23.4 Å². The van der Waals surface area contributed by atoms with Crippen LogP contribution in [0.1, 0.15) is 6.92 Å². The normalized spacial score (nSPS) is 10.2. The highest BCUT2D eigenvalue weighted by Crippen LogP contribution is 2.42. The Bertz CT molecular complexity index is 344. The van der Waals surface area contributed by atoms with Crippen molar-refractivity contribution in [2.75, 3.05) is 0 Å². The van der Waals surface area contributed by atoms with Gasteiger partial charge in [-0.1, -0.05) is 0 Å². The lowest BCUT2D eigenvalue weighted by atomic mass is 10.5. The second-order valence-electron chi connectivity index (χ2n) is 2.43. The van der Waals surface area contributed by atoms with E-state index in [2.05, 4.69) is 0 Å². The molecule has 0 saturated heterocycles. The van der Waals surface area contributed by atoms with Gasteiger partial charge in [-0.3, -0.25) is 4.79 Å². The zero-order chi connectivity index (χ0) is 10.2. The van der Waals surface area contributed by atoms with Crippen LogP contribution in [0.5, 0.6) is 0 Å². The fourth-order valence-electron chi connectivity index (χ4n) is 0.804. The smallest absolute Gasteiger partial charge is 0.300 e. The van der Waals surface area contributed by atoms with Crippen LogP contribution in [-0.2, 0) is 4.79 Å². The van der Waals surface area contributed by atoms with Crippen LogP contribution in [0.3, 0.4) is 0 Å². The standard InChI is InChI=1S/C6HF3.C2H4O2/c7-4-2-1-3(2)5(8)6(4)9;1-2(3)4/h1H;1H3,(H,3,4). The molecule has 2 nitrogen and oxygen atoms in total. The molecule has 0 unspecified atom stereocenters.